The van der Waals surface area contributed by atoms with Crippen LogP contribution in [0.4, 0.5) is 0 Å². The third kappa shape index (κ3) is 3.48. The molecule has 5 nitrogen and oxygen atoms in total. The summed E-state index contributed by atoms with van der Waals surface area (Å²) in [6.45, 7) is 9.08. The first-order valence-corrected chi connectivity index (χ1v) is 8.43. The van der Waals surface area contributed by atoms with Gasteiger partial charge in [-0.05, 0) is 19.3 Å². The highest BCUT2D eigenvalue weighted by Crippen LogP contribution is 2.25. The maximum Gasteiger partial charge on any atom is 0.257 e. The minimum absolute atomic E-state index is 0.00820. The fourth-order valence-electron chi connectivity index (χ4n) is 2.41. The Balaban J connectivity index is 2.20. The molecular formula is C15H23N3O2S. The maximum atomic E-state index is 12.5. The Morgan fingerprint density at radius 2 is 2.24 bits per heavy atom. The first-order valence-electron chi connectivity index (χ1n) is 7.44. The fraction of sp³-hybridized carbons (Fsp3) is 0.667. The quantitative estimate of drug-likeness (QED) is 0.858. The van der Waals surface area contributed by atoms with Gasteiger partial charge >= 0.3 is 0 Å². The van der Waals surface area contributed by atoms with Crippen molar-refractivity contribution in [1.82, 2.24) is 14.9 Å². The number of nitrogens with one attached hydrogen (secondary N) is 1. The van der Waals surface area contributed by atoms with Gasteiger partial charge in [-0.25, -0.2) is 4.98 Å². The van der Waals surface area contributed by atoms with Gasteiger partial charge in [-0.2, -0.15) is 0 Å². The highest BCUT2D eigenvalue weighted by molar-refractivity contribution is 7.99. The van der Waals surface area contributed by atoms with E-state index in [1.54, 1.807) is 4.57 Å². The number of fused-ring (bicyclic) bond motifs is 1. The Labute approximate surface area is 129 Å². The largest absolute Gasteiger partial charge is 0.356 e. The number of amides is 1. The summed E-state index contributed by atoms with van der Waals surface area (Å²) >= 11 is 1.50. The Morgan fingerprint density at radius 1 is 1.52 bits per heavy atom. The molecule has 1 aliphatic rings. The van der Waals surface area contributed by atoms with E-state index in [2.05, 4.69) is 24.1 Å². The van der Waals surface area contributed by atoms with Gasteiger partial charge in [0, 0.05) is 30.1 Å². The molecule has 0 aromatic carbocycles. The SMILES string of the molecule is CCc1c(C)nc2n(c1=O)CC(C(=O)NCC(C)C)CS2. The van der Waals surface area contributed by atoms with Crippen LogP contribution in [0.3, 0.4) is 0 Å². The summed E-state index contributed by atoms with van der Waals surface area (Å²) in [4.78, 5) is 29.2. The molecule has 0 saturated carbocycles. The van der Waals surface area contributed by atoms with Crippen LogP contribution in [0.15, 0.2) is 9.95 Å². The third-order valence-electron chi connectivity index (χ3n) is 3.66. The fourth-order valence-corrected chi connectivity index (χ4v) is 3.53. The number of aryl methyl sites for hydroxylation is 1. The number of aromatic nitrogens is 2. The first-order chi connectivity index (χ1) is 9.93. The van der Waals surface area contributed by atoms with Crippen molar-refractivity contribution in [3.63, 3.8) is 0 Å². The molecule has 6 heteroatoms. The molecule has 1 atom stereocenters. The molecule has 1 unspecified atom stereocenters. The van der Waals surface area contributed by atoms with Crippen LogP contribution >= 0.6 is 11.8 Å². The van der Waals surface area contributed by atoms with E-state index >= 15 is 0 Å². The lowest BCUT2D eigenvalue weighted by atomic mass is 10.1. The zero-order chi connectivity index (χ0) is 15.6. The van der Waals surface area contributed by atoms with Gasteiger partial charge in [0.15, 0.2) is 5.16 Å². The lowest BCUT2D eigenvalue weighted by Crippen LogP contribution is -2.41. The molecule has 1 aliphatic heterocycles. The molecule has 0 fully saturated rings. The highest BCUT2D eigenvalue weighted by Gasteiger charge is 2.27. The second-order valence-corrected chi connectivity index (χ2v) is 6.86. The molecule has 21 heavy (non-hydrogen) atoms. The number of thioether (sulfide) groups is 1. The molecule has 0 radical (unpaired) electrons. The van der Waals surface area contributed by atoms with Crippen LogP contribution in [-0.2, 0) is 17.8 Å². The zero-order valence-corrected chi connectivity index (χ0v) is 13.9. The number of hydrogen-bond acceptors (Lipinski definition) is 4. The number of rotatable bonds is 4. The van der Waals surface area contributed by atoms with E-state index in [0.717, 1.165) is 16.4 Å². The summed E-state index contributed by atoms with van der Waals surface area (Å²) in [6.07, 6.45) is 0.673. The zero-order valence-electron chi connectivity index (χ0n) is 13.1. The minimum atomic E-state index is -0.159. The van der Waals surface area contributed by atoms with Crippen molar-refractivity contribution >= 4 is 17.7 Å². The minimum Gasteiger partial charge on any atom is -0.356 e. The Morgan fingerprint density at radius 3 is 2.86 bits per heavy atom. The Kier molecular flexibility index (Phi) is 5.08. The molecule has 1 amide bonds. The molecule has 0 spiro atoms. The highest BCUT2D eigenvalue weighted by atomic mass is 32.2. The number of carbonyl (C=O) groups excluding carboxylic acids is 1. The molecule has 0 saturated heterocycles. The van der Waals surface area contributed by atoms with Crippen LogP contribution < -0.4 is 10.9 Å². The average molecular weight is 309 g/mol. The summed E-state index contributed by atoms with van der Waals surface area (Å²) in [6, 6.07) is 0. The van der Waals surface area contributed by atoms with Crippen molar-refractivity contribution in [2.45, 2.75) is 45.8 Å². The van der Waals surface area contributed by atoms with E-state index in [4.69, 9.17) is 0 Å². The molecule has 2 heterocycles. The number of hydrogen-bond donors (Lipinski definition) is 1. The van der Waals surface area contributed by atoms with Gasteiger partial charge in [0.05, 0.1) is 5.92 Å². The Hall–Kier alpha value is -1.30. The summed E-state index contributed by atoms with van der Waals surface area (Å²) in [5, 5.41) is 3.69. The molecule has 1 aromatic rings. The normalized spacial score (nSPS) is 17.7. The first kappa shape index (κ1) is 16.1. The predicted octanol–water partition coefficient (Wildman–Crippen LogP) is 1.61. The monoisotopic (exact) mass is 309 g/mol. The van der Waals surface area contributed by atoms with Gasteiger partial charge in [-0.1, -0.05) is 32.5 Å². The van der Waals surface area contributed by atoms with Crippen molar-refractivity contribution < 1.29 is 4.79 Å². The van der Waals surface area contributed by atoms with Gasteiger partial charge in [0.1, 0.15) is 0 Å². The smallest absolute Gasteiger partial charge is 0.257 e. The van der Waals surface area contributed by atoms with Crippen molar-refractivity contribution in [1.29, 1.82) is 0 Å². The molecule has 0 aliphatic carbocycles. The van der Waals surface area contributed by atoms with E-state index in [-0.39, 0.29) is 17.4 Å². The van der Waals surface area contributed by atoms with E-state index < -0.39 is 0 Å². The lowest BCUT2D eigenvalue weighted by Gasteiger charge is -2.25. The van der Waals surface area contributed by atoms with Crippen LogP contribution in [0.5, 0.6) is 0 Å². The van der Waals surface area contributed by atoms with Crippen molar-refractivity contribution in [2.24, 2.45) is 11.8 Å². The van der Waals surface area contributed by atoms with Crippen LogP contribution in [0.25, 0.3) is 0 Å². The topological polar surface area (TPSA) is 64.0 Å². The van der Waals surface area contributed by atoms with Crippen molar-refractivity contribution in [3.05, 3.63) is 21.6 Å². The number of nitrogens with zero attached hydrogens (tertiary/aromatic N) is 2. The summed E-state index contributed by atoms with van der Waals surface area (Å²) in [7, 11) is 0. The third-order valence-corrected chi connectivity index (χ3v) is 4.80. The van der Waals surface area contributed by atoms with E-state index in [9.17, 15) is 9.59 Å². The van der Waals surface area contributed by atoms with E-state index in [1.807, 2.05) is 13.8 Å². The molecule has 2 rings (SSSR count). The molecular weight excluding hydrogens is 286 g/mol. The summed E-state index contributed by atoms with van der Waals surface area (Å²) in [5.74, 6) is 0.984. The van der Waals surface area contributed by atoms with Gasteiger partial charge in [-0.15, -0.1) is 0 Å². The molecule has 116 valence electrons. The second kappa shape index (κ2) is 6.64. The van der Waals surface area contributed by atoms with Crippen LogP contribution in [0.1, 0.15) is 32.0 Å². The molecule has 1 aromatic heterocycles. The standard InChI is InChI=1S/C15H23N3O2S/c1-5-12-10(4)17-15-18(14(12)20)7-11(8-21-15)13(19)16-6-9(2)3/h9,11H,5-8H2,1-4H3,(H,16,19). The van der Waals surface area contributed by atoms with Crippen LogP contribution in [-0.4, -0.2) is 27.8 Å². The molecule has 1 N–H and O–H groups in total. The average Bonchev–Trinajstić information content (AvgIpc) is 2.45. The maximum absolute atomic E-state index is 12.5. The van der Waals surface area contributed by atoms with Gasteiger partial charge in [0.25, 0.3) is 5.56 Å². The van der Waals surface area contributed by atoms with Crippen molar-refractivity contribution in [3.8, 4) is 0 Å². The Bertz CT molecular complexity index is 595. The van der Waals surface area contributed by atoms with Crippen molar-refractivity contribution in [2.75, 3.05) is 12.3 Å². The van der Waals surface area contributed by atoms with E-state index in [0.29, 0.717) is 31.2 Å². The van der Waals surface area contributed by atoms with Crippen LogP contribution in [0, 0.1) is 18.8 Å². The molecule has 0 bridgehead atoms. The lowest BCUT2D eigenvalue weighted by molar-refractivity contribution is -0.125. The van der Waals surface area contributed by atoms with Gasteiger partial charge < -0.3 is 5.32 Å². The predicted molar refractivity (Wildman–Crippen MR) is 84.7 cm³/mol. The number of carbonyl (C=O) groups is 1. The summed E-state index contributed by atoms with van der Waals surface area (Å²) in [5.41, 5.74) is 1.57. The van der Waals surface area contributed by atoms with Gasteiger partial charge in [-0.3, -0.25) is 14.2 Å². The summed E-state index contributed by atoms with van der Waals surface area (Å²) < 4.78 is 1.67. The second-order valence-electron chi connectivity index (χ2n) is 5.87. The van der Waals surface area contributed by atoms with Crippen LogP contribution in [0.2, 0.25) is 0 Å². The van der Waals surface area contributed by atoms with E-state index in [1.165, 1.54) is 11.8 Å². The van der Waals surface area contributed by atoms with Gasteiger partial charge in [0.2, 0.25) is 5.91 Å².